The van der Waals surface area contributed by atoms with E-state index in [1.54, 1.807) is 0 Å². The zero-order valence-electron chi connectivity index (χ0n) is 13.7. The molecule has 0 fully saturated rings. The van der Waals surface area contributed by atoms with Crippen LogP contribution in [0.1, 0.15) is 34.7 Å². The van der Waals surface area contributed by atoms with E-state index in [4.69, 9.17) is 4.74 Å². The predicted molar refractivity (Wildman–Crippen MR) is 92.7 cm³/mol. The van der Waals surface area contributed by atoms with Gasteiger partial charge in [0.15, 0.2) is 0 Å². The number of aryl methyl sites for hydroxylation is 2. The molecule has 0 spiro atoms. The van der Waals surface area contributed by atoms with E-state index in [1.165, 1.54) is 23.6 Å². The first-order chi connectivity index (χ1) is 11.1. The van der Waals surface area contributed by atoms with Gasteiger partial charge in [-0.1, -0.05) is 48.0 Å². The Labute approximate surface area is 136 Å². The summed E-state index contributed by atoms with van der Waals surface area (Å²) in [5, 5.41) is 1.17. The highest BCUT2D eigenvalue weighted by Gasteiger charge is 2.23. The maximum atomic E-state index is 12.0. The van der Waals surface area contributed by atoms with Gasteiger partial charge in [-0.25, -0.2) is 0 Å². The van der Waals surface area contributed by atoms with E-state index in [9.17, 15) is 4.79 Å². The molecule has 1 atom stereocenters. The van der Waals surface area contributed by atoms with Crippen molar-refractivity contribution in [2.45, 2.75) is 26.2 Å². The first-order valence-corrected chi connectivity index (χ1v) is 7.80. The summed E-state index contributed by atoms with van der Waals surface area (Å²) in [5.41, 5.74) is 5.72. The minimum absolute atomic E-state index is 0.0146. The van der Waals surface area contributed by atoms with Crippen LogP contribution in [0, 0.1) is 13.8 Å². The summed E-state index contributed by atoms with van der Waals surface area (Å²) < 4.78 is 4.93. The number of H-pyrrole nitrogens is 1. The van der Waals surface area contributed by atoms with Crippen LogP contribution in [-0.2, 0) is 9.53 Å². The number of aromatic amines is 1. The number of nitrogens with one attached hydrogen (secondary N) is 1. The molecule has 2 aromatic carbocycles. The Hall–Kier alpha value is -2.55. The fraction of sp³-hybridized carbons (Fsp3) is 0.250. The zero-order valence-corrected chi connectivity index (χ0v) is 13.7. The van der Waals surface area contributed by atoms with Crippen molar-refractivity contribution in [3.8, 4) is 0 Å². The Morgan fingerprint density at radius 1 is 1.09 bits per heavy atom. The summed E-state index contributed by atoms with van der Waals surface area (Å²) >= 11 is 0. The predicted octanol–water partition coefficient (Wildman–Crippen LogP) is 4.48. The number of para-hydroxylation sites is 1. The molecule has 0 amide bonds. The van der Waals surface area contributed by atoms with Crippen LogP contribution in [0.2, 0.25) is 0 Å². The standard InChI is InChI=1S/C20H21NO2/c1-13-8-10-15(11-9-13)17(12-19(22)23-3)20-14(2)21-18-7-5-4-6-16(18)20/h4-11,17,21H,12H2,1-3H3. The number of hydrogen-bond acceptors (Lipinski definition) is 2. The minimum atomic E-state index is -0.194. The summed E-state index contributed by atoms with van der Waals surface area (Å²) in [6, 6.07) is 16.6. The Balaban J connectivity index is 2.15. The van der Waals surface area contributed by atoms with Crippen LogP contribution in [0.25, 0.3) is 10.9 Å². The van der Waals surface area contributed by atoms with Gasteiger partial charge in [0.2, 0.25) is 0 Å². The first-order valence-electron chi connectivity index (χ1n) is 7.80. The van der Waals surface area contributed by atoms with Gasteiger partial charge in [0.1, 0.15) is 0 Å². The van der Waals surface area contributed by atoms with Gasteiger partial charge in [-0.05, 0) is 31.0 Å². The number of rotatable bonds is 4. The molecule has 0 aliphatic heterocycles. The third-order valence-electron chi connectivity index (χ3n) is 4.37. The second kappa shape index (κ2) is 6.29. The van der Waals surface area contributed by atoms with Crippen molar-refractivity contribution in [2.75, 3.05) is 7.11 Å². The lowest BCUT2D eigenvalue weighted by atomic mass is 9.86. The third kappa shape index (κ3) is 3.00. The SMILES string of the molecule is COC(=O)CC(c1ccc(C)cc1)c1c(C)[nH]c2ccccc12. The maximum absolute atomic E-state index is 12.0. The van der Waals surface area contributed by atoms with Gasteiger partial charge in [0, 0.05) is 22.5 Å². The number of fused-ring (bicyclic) bond motifs is 1. The van der Waals surface area contributed by atoms with Crippen molar-refractivity contribution < 1.29 is 9.53 Å². The lowest BCUT2D eigenvalue weighted by Crippen LogP contribution is -2.11. The number of ether oxygens (including phenoxy) is 1. The van der Waals surface area contributed by atoms with Crippen molar-refractivity contribution in [2.24, 2.45) is 0 Å². The molecule has 3 heteroatoms. The molecule has 0 aliphatic carbocycles. The molecule has 1 unspecified atom stereocenters. The molecular formula is C20H21NO2. The van der Waals surface area contributed by atoms with Crippen molar-refractivity contribution in [3.63, 3.8) is 0 Å². The van der Waals surface area contributed by atoms with E-state index < -0.39 is 0 Å². The second-order valence-corrected chi connectivity index (χ2v) is 5.95. The fourth-order valence-electron chi connectivity index (χ4n) is 3.18. The van der Waals surface area contributed by atoms with Gasteiger partial charge in [-0.3, -0.25) is 4.79 Å². The topological polar surface area (TPSA) is 42.1 Å². The third-order valence-corrected chi connectivity index (χ3v) is 4.37. The van der Waals surface area contributed by atoms with E-state index in [0.717, 1.165) is 16.8 Å². The molecule has 0 bridgehead atoms. The summed E-state index contributed by atoms with van der Waals surface area (Å²) in [4.78, 5) is 15.4. The van der Waals surface area contributed by atoms with Crippen LogP contribution >= 0.6 is 0 Å². The van der Waals surface area contributed by atoms with Gasteiger partial charge in [-0.2, -0.15) is 0 Å². The average molecular weight is 307 g/mol. The highest BCUT2D eigenvalue weighted by molar-refractivity contribution is 5.86. The molecule has 0 saturated carbocycles. The fourth-order valence-corrected chi connectivity index (χ4v) is 3.18. The number of aromatic nitrogens is 1. The molecule has 3 nitrogen and oxygen atoms in total. The molecule has 0 aliphatic rings. The number of methoxy groups -OCH3 is 1. The summed E-state index contributed by atoms with van der Waals surface area (Å²) in [6.45, 7) is 4.13. The van der Waals surface area contributed by atoms with E-state index in [2.05, 4.69) is 55.2 Å². The van der Waals surface area contributed by atoms with Gasteiger partial charge in [0.05, 0.1) is 13.5 Å². The number of benzene rings is 2. The number of carbonyl (C=O) groups is 1. The Morgan fingerprint density at radius 2 is 1.78 bits per heavy atom. The van der Waals surface area contributed by atoms with Crippen molar-refractivity contribution in [1.29, 1.82) is 0 Å². The van der Waals surface area contributed by atoms with Gasteiger partial charge in [-0.15, -0.1) is 0 Å². The van der Waals surface area contributed by atoms with Gasteiger partial charge >= 0.3 is 5.97 Å². The van der Waals surface area contributed by atoms with E-state index in [-0.39, 0.29) is 11.9 Å². The average Bonchev–Trinajstić information content (AvgIpc) is 2.89. The summed E-state index contributed by atoms with van der Waals surface area (Å²) in [7, 11) is 1.44. The van der Waals surface area contributed by atoms with Crippen molar-refractivity contribution in [1.82, 2.24) is 4.98 Å². The Kier molecular flexibility index (Phi) is 4.20. The van der Waals surface area contributed by atoms with Crippen LogP contribution in [0.4, 0.5) is 0 Å². The minimum Gasteiger partial charge on any atom is -0.469 e. The second-order valence-electron chi connectivity index (χ2n) is 5.95. The summed E-state index contributed by atoms with van der Waals surface area (Å²) in [5.74, 6) is -0.209. The smallest absolute Gasteiger partial charge is 0.306 e. The number of hydrogen-bond donors (Lipinski definition) is 1. The van der Waals surface area contributed by atoms with E-state index in [1.807, 2.05) is 12.1 Å². The lowest BCUT2D eigenvalue weighted by Gasteiger charge is -2.18. The first kappa shape index (κ1) is 15.3. The molecule has 0 saturated heterocycles. The maximum Gasteiger partial charge on any atom is 0.306 e. The van der Waals surface area contributed by atoms with Gasteiger partial charge < -0.3 is 9.72 Å². The molecule has 3 rings (SSSR count). The molecule has 1 aromatic heterocycles. The molecule has 23 heavy (non-hydrogen) atoms. The molecular weight excluding hydrogens is 286 g/mol. The molecule has 1 N–H and O–H groups in total. The normalized spacial score (nSPS) is 12.3. The Morgan fingerprint density at radius 3 is 2.48 bits per heavy atom. The zero-order chi connectivity index (χ0) is 16.4. The van der Waals surface area contributed by atoms with Crippen LogP contribution in [0.3, 0.4) is 0 Å². The highest BCUT2D eigenvalue weighted by atomic mass is 16.5. The van der Waals surface area contributed by atoms with E-state index >= 15 is 0 Å². The molecule has 3 aromatic rings. The lowest BCUT2D eigenvalue weighted by molar-refractivity contribution is -0.140. The number of carbonyl (C=O) groups excluding carboxylic acids is 1. The van der Waals surface area contributed by atoms with Gasteiger partial charge in [0.25, 0.3) is 0 Å². The van der Waals surface area contributed by atoms with Crippen molar-refractivity contribution >= 4 is 16.9 Å². The van der Waals surface area contributed by atoms with Crippen LogP contribution in [-0.4, -0.2) is 18.1 Å². The number of esters is 1. The van der Waals surface area contributed by atoms with E-state index in [0.29, 0.717) is 6.42 Å². The monoisotopic (exact) mass is 307 g/mol. The quantitative estimate of drug-likeness (QED) is 0.722. The van der Waals surface area contributed by atoms with Crippen LogP contribution in [0.5, 0.6) is 0 Å². The molecule has 0 radical (unpaired) electrons. The molecule has 1 heterocycles. The highest BCUT2D eigenvalue weighted by Crippen LogP contribution is 2.36. The van der Waals surface area contributed by atoms with Crippen LogP contribution in [0.15, 0.2) is 48.5 Å². The largest absolute Gasteiger partial charge is 0.469 e. The van der Waals surface area contributed by atoms with Crippen LogP contribution < -0.4 is 0 Å². The van der Waals surface area contributed by atoms with Crippen molar-refractivity contribution in [3.05, 3.63) is 70.9 Å². The summed E-state index contributed by atoms with van der Waals surface area (Å²) in [6.07, 6.45) is 0.336. The Bertz CT molecular complexity index is 830. The molecule has 118 valence electrons.